The number of carbonyl (C=O) groups excluding carboxylic acids is 2. The van der Waals surface area contributed by atoms with Gasteiger partial charge in [0.25, 0.3) is 5.91 Å². The summed E-state index contributed by atoms with van der Waals surface area (Å²) >= 11 is 0. The molecule has 32 heavy (non-hydrogen) atoms. The SMILES string of the molecule is CCNC(=NCC1CC(=O)Nc2ccccc21)NCCCN1C(=O)COc2ccccc21. The molecule has 0 spiro atoms. The number of nitrogens with zero attached hydrogens (tertiary/aromatic N) is 2. The van der Waals surface area contributed by atoms with Gasteiger partial charge in [-0.15, -0.1) is 0 Å². The Hall–Kier alpha value is -3.55. The third-order valence-electron chi connectivity index (χ3n) is 5.58. The van der Waals surface area contributed by atoms with E-state index in [4.69, 9.17) is 9.73 Å². The fourth-order valence-electron chi connectivity index (χ4n) is 4.05. The molecule has 2 aliphatic heterocycles. The molecule has 3 N–H and O–H groups in total. The van der Waals surface area contributed by atoms with E-state index >= 15 is 0 Å². The third kappa shape index (κ3) is 5.01. The number of para-hydroxylation sites is 3. The first kappa shape index (κ1) is 21.7. The molecule has 0 fully saturated rings. The van der Waals surface area contributed by atoms with Gasteiger partial charge in [-0.25, -0.2) is 0 Å². The van der Waals surface area contributed by atoms with Crippen molar-refractivity contribution in [2.24, 2.45) is 4.99 Å². The molecule has 2 amide bonds. The molecule has 1 atom stereocenters. The first-order chi connectivity index (χ1) is 15.7. The average Bonchev–Trinajstić information content (AvgIpc) is 2.81. The largest absolute Gasteiger partial charge is 0.482 e. The van der Waals surface area contributed by atoms with Crippen molar-refractivity contribution in [1.29, 1.82) is 0 Å². The number of hydrogen-bond donors (Lipinski definition) is 3. The Labute approximate surface area is 188 Å². The van der Waals surface area contributed by atoms with Crippen LogP contribution in [0.25, 0.3) is 0 Å². The first-order valence-corrected chi connectivity index (χ1v) is 11.1. The molecule has 0 aromatic heterocycles. The standard InChI is InChI=1S/C24H29N5O3/c1-2-25-24(27-15-17-14-22(30)28-19-9-4-3-8-18(17)19)26-12-7-13-29-20-10-5-6-11-21(20)32-16-23(29)31/h3-6,8-11,17H,2,7,12-16H2,1H3,(H,28,30)(H2,25,26,27). The van der Waals surface area contributed by atoms with Crippen LogP contribution in [0, 0.1) is 0 Å². The third-order valence-corrected chi connectivity index (χ3v) is 5.58. The van der Waals surface area contributed by atoms with Crippen LogP contribution in [0.2, 0.25) is 0 Å². The second-order valence-corrected chi connectivity index (χ2v) is 7.84. The highest BCUT2D eigenvalue weighted by atomic mass is 16.5. The summed E-state index contributed by atoms with van der Waals surface area (Å²) in [4.78, 5) is 30.9. The van der Waals surface area contributed by atoms with Crippen LogP contribution >= 0.6 is 0 Å². The lowest BCUT2D eigenvalue weighted by Gasteiger charge is -2.29. The minimum absolute atomic E-state index is 0.0253. The molecule has 168 valence electrons. The minimum Gasteiger partial charge on any atom is -0.482 e. The molecule has 8 heteroatoms. The van der Waals surface area contributed by atoms with Crippen LogP contribution in [0.4, 0.5) is 11.4 Å². The topological polar surface area (TPSA) is 95.1 Å². The van der Waals surface area contributed by atoms with Gasteiger partial charge in [-0.05, 0) is 37.1 Å². The molecule has 2 heterocycles. The fourth-order valence-corrected chi connectivity index (χ4v) is 4.05. The van der Waals surface area contributed by atoms with Crippen molar-refractivity contribution in [3.05, 3.63) is 54.1 Å². The molecule has 0 radical (unpaired) electrons. The molecular formula is C24H29N5O3. The molecule has 0 saturated carbocycles. The van der Waals surface area contributed by atoms with E-state index in [1.165, 1.54) is 0 Å². The van der Waals surface area contributed by atoms with Gasteiger partial charge in [-0.1, -0.05) is 30.3 Å². The van der Waals surface area contributed by atoms with Crippen LogP contribution in [0.3, 0.4) is 0 Å². The molecule has 2 aromatic rings. The summed E-state index contributed by atoms with van der Waals surface area (Å²) in [6, 6.07) is 15.5. The monoisotopic (exact) mass is 435 g/mol. The number of hydrogen-bond acceptors (Lipinski definition) is 4. The van der Waals surface area contributed by atoms with E-state index in [1.54, 1.807) is 4.90 Å². The number of guanidine groups is 1. The maximum absolute atomic E-state index is 12.3. The number of rotatable bonds is 7. The minimum atomic E-state index is -0.0292. The predicted molar refractivity (Wildman–Crippen MR) is 125 cm³/mol. The lowest BCUT2D eigenvalue weighted by atomic mass is 9.91. The molecule has 0 aliphatic carbocycles. The molecule has 4 rings (SSSR count). The van der Waals surface area contributed by atoms with Gasteiger partial charge in [0.05, 0.1) is 12.2 Å². The van der Waals surface area contributed by atoms with Crippen LogP contribution in [0.15, 0.2) is 53.5 Å². The van der Waals surface area contributed by atoms with Crippen molar-refractivity contribution in [3.63, 3.8) is 0 Å². The number of benzene rings is 2. The van der Waals surface area contributed by atoms with Crippen molar-refractivity contribution in [1.82, 2.24) is 10.6 Å². The maximum Gasteiger partial charge on any atom is 0.265 e. The van der Waals surface area contributed by atoms with E-state index in [-0.39, 0.29) is 24.3 Å². The summed E-state index contributed by atoms with van der Waals surface area (Å²) in [7, 11) is 0. The summed E-state index contributed by atoms with van der Waals surface area (Å²) in [5, 5.41) is 9.53. The van der Waals surface area contributed by atoms with Gasteiger partial charge in [-0.2, -0.15) is 0 Å². The Bertz CT molecular complexity index is 1010. The molecule has 2 aromatic carbocycles. The molecule has 8 nitrogen and oxygen atoms in total. The summed E-state index contributed by atoms with van der Waals surface area (Å²) in [5.41, 5.74) is 2.81. The van der Waals surface area contributed by atoms with Gasteiger partial charge < -0.3 is 25.6 Å². The van der Waals surface area contributed by atoms with Crippen LogP contribution in [-0.2, 0) is 9.59 Å². The van der Waals surface area contributed by atoms with E-state index < -0.39 is 0 Å². The summed E-state index contributed by atoms with van der Waals surface area (Å²) in [6.45, 7) is 4.62. The average molecular weight is 436 g/mol. The van der Waals surface area contributed by atoms with Gasteiger partial charge in [0.1, 0.15) is 5.75 Å². The van der Waals surface area contributed by atoms with E-state index in [9.17, 15) is 9.59 Å². The second-order valence-electron chi connectivity index (χ2n) is 7.84. The Morgan fingerprint density at radius 1 is 1.16 bits per heavy atom. The van der Waals surface area contributed by atoms with E-state index in [1.807, 2.05) is 55.5 Å². The summed E-state index contributed by atoms with van der Waals surface area (Å²) in [5.74, 6) is 1.50. The molecule has 0 saturated heterocycles. The number of carbonyl (C=O) groups is 2. The van der Waals surface area contributed by atoms with Gasteiger partial charge in [0.15, 0.2) is 12.6 Å². The quantitative estimate of drug-likeness (QED) is 0.353. The predicted octanol–water partition coefficient (Wildman–Crippen LogP) is 2.48. The summed E-state index contributed by atoms with van der Waals surface area (Å²) < 4.78 is 5.50. The molecule has 0 bridgehead atoms. The second kappa shape index (κ2) is 10.2. The zero-order valence-electron chi connectivity index (χ0n) is 18.3. The maximum atomic E-state index is 12.3. The Morgan fingerprint density at radius 2 is 1.97 bits per heavy atom. The van der Waals surface area contributed by atoms with Gasteiger partial charge in [-0.3, -0.25) is 14.6 Å². The van der Waals surface area contributed by atoms with E-state index in [0.29, 0.717) is 32.0 Å². The van der Waals surface area contributed by atoms with Crippen LogP contribution in [0.5, 0.6) is 5.75 Å². The van der Waals surface area contributed by atoms with E-state index in [2.05, 4.69) is 16.0 Å². The number of nitrogens with one attached hydrogen (secondary N) is 3. The lowest BCUT2D eigenvalue weighted by Crippen LogP contribution is -2.42. The molecule has 1 unspecified atom stereocenters. The Morgan fingerprint density at radius 3 is 2.84 bits per heavy atom. The zero-order valence-corrected chi connectivity index (χ0v) is 18.3. The normalized spacial score (nSPS) is 17.7. The number of anilines is 2. The van der Waals surface area contributed by atoms with Crippen LogP contribution in [-0.4, -0.2) is 50.6 Å². The van der Waals surface area contributed by atoms with Crippen molar-refractivity contribution >= 4 is 29.1 Å². The highest BCUT2D eigenvalue weighted by molar-refractivity contribution is 5.97. The molecule has 2 aliphatic rings. The van der Waals surface area contributed by atoms with Crippen LogP contribution < -0.4 is 25.6 Å². The lowest BCUT2D eigenvalue weighted by molar-refractivity contribution is -0.121. The van der Waals surface area contributed by atoms with Crippen molar-refractivity contribution in [3.8, 4) is 5.75 Å². The highest BCUT2D eigenvalue weighted by Gasteiger charge is 2.25. The number of amides is 2. The smallest absolute Gasteiger partial charge is 0.265 e. The van der Waals surface area contributed by atoms with Gasteiger partial charge >= 0.3 is 0 Å². The Kier molecular flexibility index (Phi) is 6.89. The van der Waals surface area contributed by atoms with Gasteiger partial charge in [0, 0.05) is 37.7 Å². The van der Waals surface area contributed by atoms with Gasteiger partial charge in [0.2, 0.25) is 5.91 Å². The summed E-state index contributed by atoms with van der Waals surface area (Å²) in [6.07, 6.45) is 1.19. The van der Waals surface area contributed by atoms with Crippen molar-refractivity contribution < 1.29 is 14.3 Å². The van der Waals surface area contributed by atoms with Crippen molar-refractivity contribution in [2.45, 2.75) is 25.7 Å². The number of fused-ring (bicyclic) bond motifs is 2. The highest BCUT2D eigenvalue weighted by Crippen LogP contribution is 2.32. The number of aliphatic imine (C=N–C) groups is 1. The first-order valence-electron chi connectivity index (χ1n) is 11.1. The zero-order chi connectivity index (χ0) is 22.3. The van der Waals surface area contributed by atoms with E-state index in [0.717, 1.165) is 35.7 Å². The Balaban J connectivity index is 1.33. The van der Waals surface area contributed by atoms with Crippen LogP contribution in [0.1, 0.15) is 31.2 Å². The molecular weight excluding hydrogens is 406 g/mol. The number of ether oxygens (including phenoxy) is 1. The van der Waals surface area contributed by atoms with Crippen molar-refractivity contribution in [2.75, 3.05) is 43.0 Å². The fraction of sp³-hybridized carbons (Fsp3) is 0.375.